The van der Waals surface area contributed by atoms with Gasteiger partial charge in [-0.25, -0.2) is 18.6 Å². The maximum atomic E-state index is 14.9. The number of carbonyl (C=O) groups excluding carboxylic acids is 1. The fourth-order valence-corrected chi connectivity index (χ4v) is 4.17. The highest BCUT2D eigenvalue weighted by atomic mass is 79.9. The Bertz CT molecular complexity index is 1250. The highest BCUT2D eigenvalue weighted by molar-refractivity contribution is 9.10. The molecule has 0 saturated carbocycles. The molecule has 10 heteroatoms. The number of hydrogen-bond donors (Lipinski definition) is 0. The van der Waals surface area contributed by atoms with Gasteiger partial charge in [0.2, 0.25) is 0 Å². The molecule has 0 aliphatic carbocycles. The molecule has 2 aromatic heterocycles. The van der Waals surface area contributed by atoms with Gasteiger partial charge in [-0.15, -0.1) is 0 Å². The minimum atomic E-state index is -0.691. The SMILES string of the molecule is COC(=O)c1cc(F)c2nc(Cn3cc(F)c(Br)cc3=O)n([C@H]3COCC3(C)C)c2c1. The molecule has 1 aliphatic rings. The van der Waals surface area contributed by atoms with Gasteiger partial charge in [0.1, 0.15) is 11.3 Å². The van der Waals surface area contributed by atoms with E-state index >= 15 is 0 Å². The number of hydrogen-bond acceptors (Lipinski definition) is 5. The van der Waals surface area contributed by atoms with Gasteiger partial charge in [0.25, 0.3) is 5.56 Å². The Morgan fingerprint density at radius 1 is 1.32 bits per heavy atom. The predicted octanol–water partition coefficient (Wildman–Crippen LogP) is 3.67. The third-order valence-electron chi connectivity index (χ3n) is 5.55. The van der Waals surface area contributed by atoms with E-state index in [0.717, 1.165) is 18.3 Å². The van der Waals surface area contributed by atoms with Gasteiger partial charge in [0.05, 0.1) is 48.5 Å². The lowest BCUT2D eigenvalue weighted by Gasteiger charge is -2.28. The lowest BCUT2D eigenvalue weighted by atomic mass is 9.87. The molecule has 0 radical (unpaired) electrons. The zero-order valence-electron chi connectivity index (χ0n) is 17.1. The molecule has 164 valence electrons. The lowest BCUT2D eigenvalue weighted by molar-refractivity contribution is 0.0600. The van der Waals surface area contributed by atoms with Crippen molar-refractivity contribution in [3.63, 3.8) is 0 Å². The first-order valence-electron chi connectivity index (χ1n) is 9.54. The van der Waals surface area contributed by atoms with Gasteiger partial charge in [-0.05, 0) is 28.1 Å². The third-order valence-corrected chi connectivity index (χ3v) is 6.16. The van der Waals surface area contributed by atoms with Crippen molar-refractivity contribution >= 4 is 32.9 Å². The number of benzene rings is 1. The normalized spacial score (nSPS) is 17.9. The van der Waals surface area contributed by atoms with E-state index in [0.29, 0.717) is 24.6 Å². The van der Waals surface area contributed by atoms with Crippen LogP contribution < -0.4 is 5.56 Å². The van der Waals surface area contributed by atoms with E-state index < -0.39 is 23.2 Å². The number of fused-ring (bicyclic) bond motifs is 1. The number of carbonyl (C=O) groups is 1. The topological polar surface area (TPSA) is 75.4 Å². The van der Waals surface area contributed by atoms with E-state index in [1.807, 2.05) is 13.8 Å². The van der Waals surface area contributed by atoms with Crippen molar-refractivity contribution in [1.29, 1.82) is 0 Å². The van der Waals surface area contributed by atoms with Gasteiger partial charge in [-0.3, -0.25) is 4.79 Å². The minimum Gasteiger partial charge on any atom is -0.465 e. The van der Waals surface area contributed by atoms with Crippen molar-refractivity contribution in [3.05, 3.63) is 62.2 Å². The number of aromatic nitrogens is 3. The Balaban J connectivity index is 1.95. The molecular weight excluding hydrogens is 476 g/mol. The Kier molecular flexibility index (Phi) is 5.47. The van der Waals surface area contributed by atoms with Crippen molar-refractivity contribution in [3.8, 4) is 0 Å². The van der Waals surface area contributed by atoms with Crippen LogP contribution in [-0.2, 0) is 16.0 Å². The first-order chi connectivity index (χ1) is 14.6. The average molecular weight is 496 g/mol. The molecule has 4 rings (SSSR count). The van der Waals surface area contributed by atoms with Crippen LogP contribution in [0.4, 0.5) is 8.78 Å². The molecule has 0 amide bonds. The third kappa shape index (κ3) is 3.78. The van der Waals surface area contributed by atoms with Crippen molar-refractivity contribution in [2.24, 2.45) is 5.41 Å². The second kappa shape index (κ2) is 7.83. The fourth-order valence-electron chi connectivity index (χ4n) is 3.87. The van der Waals surface area contributed by atoms with Crippen LogP contribution in [-0.4, -0.2) is 40.4 Å². The van der Waals surface area contributed by atoms with E-state index in [2.05, 4.69) is 20.9 Å². The van der Waals surface area contributed by atoms with Crippen molar-refractivity contribution < 1.29 is 23.0 Å². The molecule has 1 atom stereocenters. The number of rotatable bonds is 4. The summed E-state index contributed by atoms with van der Waals surface area (Å²) in [6, 6.07) is 3.47. The minimum absolute atomic E-state index is 0.0452. The summed E-state index contributed by atoms with van der Waals surface area (Å²) >= 11 is 3.00. The maximum Gasteiger partial charge on any atom is 0.338 e. The number of halogens is 3. The monoisotopic (exact) mass is 495 g/mol. The zero-order chi connectivity index (χ0) is 22.5. The lowest BCUT2D eigenvalue weighted by Crippen LogP contribution is -2.29. The van der Waals surface area contributed by atoms with E-state index in [4.69, 9.17) is 9.47 Å². The predicted molar refractivity (Wildman–Crippen MR) is 112 cm³/mol. The Labute approximate surface area is 184 Å². The van der Waals surface area contributed by atoms with Gasteiger partial charge < -0.3 is 18.6 Å². The van der Waals surface area contributed by atoms with Gasteiger partial charge in [0.15, 0.2) is 11.6 Å². The fraction of sp³-hybridized carbons (Fsp3) is 0.381. The molecule has 7 nitrogen and oxygen atoms in total. The first-order valence-corrected chi connectivity index (χ1v) is 10.3. The molecule has 1 fully saturated rings. The summed E-state index contributed by atoms with van der Waals surface area (Å²) in [6.07, 6.45) is 1.07. The summed E-state index contributed by atoms with van der Waals surface area (Å²) in [4.78, 5) is 28.9. The molecular formula is C21H20BrF2N3O4. The van der Waals surface area contributed by atoms with Gasteiger partial charge in [-0.2, -0.15) is 0 Å². The van der Waals surface area contributed by atoms with Crippen LogP contribution in [0.25, 0.3) is 11.0 Å². The standard InChI is InChI=1S/C21H20BrF2N3O4/c1-21(2)10-31-9-16(21)27-15-5-11(20(29)30-3)4-13(23)19(15)25-17(27)8-26-7-14(24)12(22)6-18(26)28/h4-7,16H,8-10H2,1-3H3/t16-/m0/s1. The van der Waals surface area contributed by atoms with Crippen molar-refractivity contribution in [1.82, 2.24) is 14.1 Å². The van der Waals surface area contributed by atoms with Crippen LogP contribution in [0.3, 0.4) is 0 Å². The van der Waals surface area contributed by atoms with Crippen LogP contribution in [0.15, 0.2) is 33.7 Å². The van der Waals surface area contributed by atoms with Crippen LogP contribution >= 0.6 is 15.9 Å². The van der Waals surface area contributed by atoms with Crippen molar-refractivity contribution in [2.45, 2.75) is 26.4 Å². The second-order valence-electron chi connectivity index (χ2n) is 8.17. The highest BCUT2D eigenvalue weighted by Gasteiger charge is 2.39. The van der Waals surface area contributed by atoms with Gasteiger partial charge in [0, 0.05) is 17.7 Å². The van der Waals surface area contributed by atoms with Gasteiger partial charge >= 0.3 is 5.97 Å². The molecule has 0 bridgehead atoms. The highest BCUT2D eigenvalue weighted by Crippen LogP contribution is 2.40. The molecule has 0 unspecified atom stereocenters. The molecule has 1 aromatic carbocycles. The summed E-state index contributed by atoms with van der Waals surface area (Å²) < 4.78 is 42.4. The van der Waals surface area contributed by atoms with E-state index in [-0.39, 0.29) is 33.6 Å². The van der Waals surface area contributed by atoms with Gasteiger partial charge in [-0.1, -0.05) is 13.8 Å². The summed E-state index contributed by atoms with van der Waals surface area (Å²) in [5, 5.41) is 0. The van der Waals surface area contributed by atoms with E-state index in [9.17, 15) is 18.4 Å². The summed E-state index contributed by atoms with van der Waals surface area (Å²) in [7, 11) is 1.22. The molecule has 1 saturated heterocycles. The number of imidazole rings is 1. The number of methoxy groups -OCH3 is 1. The number of nitrogens with zero attached hydrogens (tertiary/aromatic N) is 3. The Hall–Kier alpha value is -2.59. The van der Waals surface area contributed by atoms with Crippen molar-refractivity contribution in [2.75, 3.05) is 20.3 Å². The molecule has 3 aromatic rings. The Morgan fingerprint density at radius 2 is 2.06 bits per heavy atom. The summed E-state index contributed by atoms with van der Waals surface area (Å²) in [6.45, 7) is 4.75. The largest absolute Gasteiger partial charge is 0.465 e. The maximum absolute atomic E-state index is 14.9. The smallest absolute Gasteiger partial charge is 0.338 e. The molecule has 0 N–H and O–H groups in total. The summed E-state index contributed by atoms with van der Waals surface area (Å²) in [5.74, 6) is -1.62. The van der Waals surface area contributed by atoms with E-state index in [1.54, 1.807) is 4.57 Å². The zero-order valence-corrected chi connectivity index (χ0v) is 18.7. The van der Waals surface area contributed by atoms with Crippen LogP contribution in [0.2, 0.25) is 0 Å². The average Bonchev–Trinajstić information content (AvgIpc) is 3.24. The van der Waals surface area contributed by atoms with Crippen LogP contribution in [0.1, 0.15) is 36.1 Å². The Morgan fingerprint density at radius 3 is 2.71 bits per heavy atom. The summed E-state index contributed by atoms with van der Waals surface area (Å²) in [5.41, 5.74) is -0.287. The number of pyridine rings is 1. The second-order valence-corrected chi connectivity index (χ2v) is 9.02. The quantitative estimate of drug-likeness (QED) is 0.516. The van der Waals surface area contributed by atoms with Crippen LogP contribution in [0.5, 0.6) is 0 Å². The molecule has 0 spiro atoms. The number of ether oxygens (including phenoxy) is 2. The van der Waals surface area contributed by atoms with Crippen LogP contribution in [0, 0.1) is 17.0 Å². The first kappa shape index (κ1) is 21.6. The number of esters is 1. The molecule has 1 aliphatic heterocycles. The molecule has 31 heavy (non-hydrogen) atoms. The van der Waals surface area contributed by atoms with E-state index in [1.165, 1.54) is 17.7 Å². The molecule has 3 heterocycles.